The molecule has 0 radical (unpaired) electrons. The lowest BCUT2D eigenvalue weighted by Crippen LogP contribution is -2.50. The molecule has 6 nitrogen and oxygen atoms in total. The summed E-state index contributed by atoms with van der Waals surface area (Å²) >= 11 is 0. The van der Waals surface area contributed by atoms with E-state index in [1.54, 1.807) is 6.92 Å². The summed E-state index contributed by atoms with van der Waals surface area (Å²) in [6.45, 7) is 1.42. The first-order chi connectivity index (χ1) is 11.7. The second-order valence-electron chi connectivity index (χ2n) is 9.02. The predicted octanol–water partition coefficient (Wildman–Crippen LogP) is 1.30. The fraction of sp³-hybridized carbons (Fsp3) is 0.889. The summed E-state index contributed by atoms with van der Waals surface area (Å²) < 4.78 is 28.5. The number of hydrogen-bond acceptors (Lipinski definition) is 5. The van der Waals surface area contributed by atoms with E-state index in [1.807, 2.05) is 0 Å². The summed E-state index contributed by atoms with van der Waals surface area (Å²) in [5.41, 5.74) is -0.745. The van der Waals surface area contributed by atoms with Crippen LogP contribution in [0.3, 0.4) is 0 Å². The summed E-state index contributed by atoms with van der Waals surface area (Å²) in [5, 5.41) is 2.74. The molecule has 1 saturated heterocycles. The van der Waals surface area contributed by atoms with Crippen molar-refractivity contribution in [2.75, 3.05) is 18.1 Å². The molecule has 0 aromatic heterocycles. The van der Waals surface area contributed by atoms with E-state index in [2.05, 4.69) is 5.32 Å². The van der Waals surface area contributed by atoms with Crippen molar-refractivity contribution in [3.05, 3.63) is 0 Å². The van der Waals surface area contributed by atoms with Gasteiger partial charge in [0.05, 0.1) is 23.0 Å². The van der Waals surface area contributed by atoms with Gasteiger partial charge in [-0.25, -0.2) is 8.42 Å². The highest BCUT2D eigenvalue weighted by Crippen LogP contribution is 2.56. The van der Waals surface area contributed by atoms with Crippen LogP contribution in [0.2, 0.25) is 0 Å². The summed E-state index contributed by atoms with van der Waals surface area (Å²) in [6, 6.07) is 0. The molecule has 7 heteroatoms. The van der Waals surface area contributed by atoms with Gasteiger partial charge in [-0.15, -0.1) is 0 Å². The maximum Gasteiger partial charge on any atom is 0.310 e. The lowest BCUT2D eigenvalue weighted by Gasteiger charge is -2.53. The Morgan fingerprint density at radius 3 is 2.20 bits per heavy atom. The zero-order chi connectivity index (χ0) is 17.8. The van der Waals surface area contributed by atoms with Crippen molar-refractivity contribution in [2.45, 2.75) is 51.0 Å². The lowest BCUT2D eigenvalue weighted by atomic mass is 9.52. The Hall–Kier alpha value is -1.11. The molecule has 5 fully saturated rings. The average Bonchev–Trinajstić information content (AvgIpc) is 2.77. The molecular weight excluding hydrogens is 342 g/mol. The molecule has 0 aromatic carbocycles. The van der Waals surface area contributed by atoms with Crippen LogP contribution in [0.4, 0.5) is 0 Å². The summed E-state index contributed by atoms with van der Waals surface area (Å²) in [6.07, 6.45) is 6.27. The number of amides is 1. The Kier molecular flexibility index (Phi) is 4.13. The molecule has 1 aliphatic heterocycles. The molecule has 0 spiro atoms. The number of rotatable bonds is 4. The third-order valence-corrected chi connectivity index (χ3v) is 8.69. The molecule has 0 unspecified atom stereocenters. The molecule has 4 saturated carbocycles. The first-order valence-corrected chi connectivity index (χ1v) is 11.2. The second kappa shape index (κ2) is 5.96. The summed E-state index contributed by atoms with van der Waals surface area (Å²) in [5.74, 6) is 1.83. The Bertz CT molecular complexity index is 660. The topological polar surface area (TPSA) is 89.5 Å². The molecule has 5 aliphatic rings. The fourth-order valence-electron chi connectivity index (χ4n) is 6.02. The Balaban J connectivity index is 1.30. The van der Waals surface area contributed by atoms with Gasteiger partial charge in [-0.2, -0.15) is 0 Å². The summed E-state index contributed by atoms with van der Waals surface area (Å²) in [7, 11) is -3.08. The van der Waals surface area contributed by atoms with Crippen LogP contribution in [0.1, 0.15) is 45.4 Å². The van der Waals surface area contributed by atoms with Gasteiger partial charge in [0.2, 0.25) is 0 Å². The molecule has 4 aliphatic carbocycles. The van der Waals surface area contributed by atoms with E-state index in [1.165, 1.54) is 6.42 Å². The smallest absolute Gasteiger partial charge is 0.310 e. The van der Waals surface area contributed by atoms with E-state index in [9.17, 15) is 18.0 Å². The quantitative estimate of drug-likeness (QED) is 0.755. The van der Waals surface area contributed by atoms with Gasteiger partial charge < -0.3 is 10.1 Å². The van der Waals surface area contributed by atoms with E-state index in [-0.39, 0.29) is 30.0 Å². The van der Waals surface area contributed by atoms with Crippen molar-refractivity contribution < 1.29 is 22.7 Å². The van der Waals surface area contributed by atoms with Crippen LogP contribution in [0.5, 0.6) is 0 Å². The minimum Gasteiger partial charge on any atom is -0.455 e. The molecule has 1 amide bonds. The van der Waals surface area contributed by atoms with Crippen molar-refractivity contribution in [3.8, 4) is 0 Å². The highest BCUT2D eigenvalue weighted by molar-refractivity contribution is 7.91. The maximum atomic E-state index is 12.6. The fourth-order valence-corrected chi connectivity index (χ4v) is 8.12. The van der Waals surface area contributed by atoms with E-state index in [0.29, 0.717) is 18.3 Å². The van der Waals surface area contributed by atoms with Crippen molar-refractivity contribution in [3.63, 3.8) is 0 Å². The first-order valence-electron chi connectivity index (χ1n) is 9.41. The van der Waals surface area contributed by atoms with Crippen LogP contribution in [0, 0.1) is 29.6 Å². The standard InChI is InChI=1S/C18H27NO5S/c1-18(2-3-25(22,23)10-18)19-15(20)9-24-17(21)16-13-5-11-4-12(7-13)8-14(16)6-11/h11-14,16H,2-10H2,1H3,(H,19,20)/t11?,12?,13?,14?,16?,18-/m0/s1. The van der Waals surface area contributed by atoms with Gasteiger partial charge in [0.25, 0.3) is 5.91 Å². The minimum atomic E-state index is -3.08. The second-order valence-corrected chi connectivity index (χ2v) is 11.2. The van der Waals surface area contributed by atoms with Gasteiger partial charge in [-0.05, 0) is 69.1 Å². The third kappa shape index (κ3) is 3.44. The highest BCUT2D eigenvalue weighted by Gasteiger charge is 2.51. The highest BCUT2D eigenvalue weighted by atomic mass is 32.2. The Morgan fingerprint density at radius 2 is 1.68 bits per heavy atom. The molecule has 1 N–H and O–H groups in total. The van der Waals surface area contributed by atoms with E-state index in [0.717, 1.165) is 37.5 Å². The van der Waals surface area contributed by atoms with Gasteiger partial charge in [0.1, 0.15) is 0 Å². The van der Waals surface area contributed by atoms with Gasteiger partial charge >= 0.3 is 5.97 Å². The SMILES string of the molecule is C[C@]1(NC(=O)COC(=O)C2C3CC4CC(C3)CC2C4)CCS(=O)(=O)C1. The predicted molar refractivity (Wildman–Crippen MR) is 91.3 cm³/mol. The van der Waals surface area contributed by atoms with Crippen LogP contribution in [-0.4, -0.2) is 43.9 Å². The van der Waals surface area contributed by atoms with Gasteiger partial charge in [-0.1, -0.05) is 0 Å². The number of hydrogen-bond donors (Lipinski definition) is 1. The zero-order valence-corrected chi connectivity index (χ0v) is 15.5. The molecular formula is C18H27NO5S. The normalized spacial score (nSPS) is 43.8. The number of esters is 1. The maximum absolute atomic E-state index is 12.6. The van der Waals surface area contributed by atoms with E-state index < -0.39 is 21.3 Å². The van der Waals surface area contributed by atoms with Crippen LogP contribution in [0.25, 0.3) is 0 Å². The zero-order valence-electron chi connectivity index (χ0n) is 14.7. The first kappa shape index (κ1) is 17.3. The van der Waals surface area contributed by atoms with Crippen LogP contribution in [0.15, 0.2) is 0 Å². The van der Waals surface area contributed by atoms with Crippen molar-refractivity contribution >= 4 is 21.7 Å². The number of carbonyl (C=O) groups excluding carboxylic acids is 2. The Labute approximate surface area is 149 Å². The van der Waals surface area contributed by atoms with E-state index in [4.69, 9.17) is 4.74 Å². The summed E-state index contributed by atoms with van der Waals surface area (Å²) in [4.78, 5) is 24.7. The molecule has 140 valence electrons. The van der Waals surface area contributed by atoms with Crippen molar-refractivity contribution in [1.82, 2.24) is 5.32 Å². The molecule has 0 aromatic rings. The molecule has 1 heterocycles. The van der Waals surface area contributed by atoms with Gasteiger partial charge in [-0.3, -0.25) is 9.59 Å². The van der Waals surface area contributed by atoms with Crippen molar-refractivity contribution in [1.29, 1.82) is 0 Å². The Morgan fingerprint density at radius 1 is 1.08 bits per heavy atom. The lowest BCUT2D eigenvalue weighted by molar-refractivity contribution is -0.165. The molecule has 5 rings (SSSR count). The molecule has 1 atom stereocenters. The molecule has 4 bridgehead atoms. The van der Waals surface area contributed by atoms with Gasteiger partial charge in [0, 0.05) is 0 Å². The monoisotopic (exact) mass is 369 g/mol. The molecule has 25 heavy (non-hydrogen) atoms. The number of nitrogens with one attached hydrogen (secondary N) is 1. The van der Waals surface area contributed by atoms with E-state index >= 15 is 0 Å². The number of ether oxygens (including phenoxy) is 1. The third-order valence-electron chi connectivity index (χ3n) is 6.79. The number of sulfone groups is 1. The van der Waals surface area contributed by atoms with Crippen LogP contribution in [-0.2, 0) is 24.2 Å². The van der Waals surface area contributed by atoms with Crippen LogP contribution < -0.4 is 5.32 Å². The van der Waals surface area contributed by atoms with Crippen molar-refractivity contribution in [2.24, 2.45) is 29.6 Å². The minimum absolute atomic E-state index is 0.0388. The van der Waals surface area contributed by atoms with Gasteiger partial charge in [0.15, 0.2) is 16.4 Å². The van der Waals surface area contributed by atoms with Crippen LogP contribution >= 0.6 is 0 Å². The largest absolute Gasteiger partial charge is 0.455 e. The average molecular weight is 369 g/mol. The number of carbonyl (C=O) groups is 2.